The van der Waals surface area contributed by atoms with Crippen LogP contribution in [0.25, 0.3) is 0 Å². The summed E-state index contributed by atoms with van der Waals surface area (Å²) in [7, 11) is 0. The SMILES string of the molecule is Clc1cccc(CO/N=C2/c3cccc(Cl)c3CCC2Cn2ccnc2)c1. The Morgan fingerprint density at radius 1 is 1.19 bits per heavy atom. The lowest BCUT2D eigenvalue weighted by molar-refractivity contribution is 0.128. The average Bonchev–Trinajstić information content (AvgIpc) is 3.17. The highest BCUT2D eigenvalue weighted by atomic mass is 35.5. The Bertz CT molecular complexity index is 954. The molecule has 0 bridgehead atoms. The summed E-state index contributed by atoms with van der Waals surface area (Å²) in [5.74, 6) is 0.240. The van der Waals surface area contributed by atoms with Crippen molar-refractivity contribution in [2.75, 3.05) is 0 Å². The first-order valence-electron chi connectivity index (χ1n) is 8.88. The van der Waals surface area contributed by atoms with Crippen LogP contribution in [0.5, 0.6) is 0 Å². The number of hydrogen-bond donors (Lipinski definition) is 0. The number of fused-ring (bicyclic) bond motifs is 1. The second-order valence-electron chi connectivity index (χ2n) is 6.64. The molecule has 1 atom stereocenters. The van der Waals surface area contributed by atoms with Crippen molar-refractivity contribution in [2.24, 2.45) is 11.1 Å². The molecule has 0 radical (unpaired) electrons. The third kappa shape index (κ3) is 4.18. The highest BCUT2D eigenvalue weighted by Crippen LogP contribution is 2.32. The lowest BCUT2D eigenvalue weighted by Crippen LogP contribution is -2.27. The molecule has 1 heterocycles. The normalized spacial score (nSPS) is 17.7. The molecule has 6 heteroatoms. The largest absolute Gasteiger partial charge is 0.391 e. The molecule has 27 heavy (non-hydrogen) atoms. The van der Waals surface area contributed by atoms with Gasteiger partial charge in [0, 0.05) is 40.5 Å². The van der Waals surface area contributed by atoms with Crippen molar-refractivity contribution in [3.8, 4) is 0 Å². The number of benzene rings is 2. The third-order valence-electron chi connectivity index (χ3n) is 4.80. The molecule has 1 aliphatic carbocycles. The summed E-state index contributed by atoms with van der Waals surface area (Å²) in [5, 5.41) is 6.01. The summed E-state index contributed by atoms with van der Waals surface area (Å²) in [6.45, 7) is 1.18. The maximum atomic E-state index is 6.42. The quantitative estimate of drug-likeness (QED) is 0.540. The molecule has 0 aliphatic heterocycles. The number of nitrogens with zero attached hydrogens (tertiary/aromatic N) is 3. The van der Waals surface area contributed by atoms with Gasteiger partial charge < -0.3 is 9.40 Å². The van der Waals surface area contributed by atoms with Crippen LogP contribution in [0.3, 0.4) is 0 Å². The lowest BCUT2D eigenvalue weighted by atomic mass is 9.82. The summed E-state index contributed by atoms with van der Waals surface area (Å²) in [6.07, 6.45) is 7.49. The molecule has 0 N–H and O–H groups in total. The minimum absolute atomic E-state index is 0.240. The molecular formula is C21H19Cl2N3O. The van der Waals surface area contributed by atoms with Crippen LogP contribution in [0, 0.1) is 5.92 Å². The van der Waals surface area contributed by atoms with Crippen LogP contribution in [0.4, 0.5) is 0 Å². The highest BCUT2D eigenvalue weighted by molar-refractivity contribution is 6.32. The van der Waals surface area contributed by atoms with Crippen molar-refractivity contribution in [2.45, 2.75) is 26.0 Å². The second-order valence-corrected chi connectivity index (χ2v) is 7.48. The molecule has 1 aromatic heterocycles. The van der Waals surface area contributed by atoms with Gasteiger partial charge in [-0.25, -0.2) is 4.98 Å². The molecule has 0 saturated heterocycles. The minimum atomic E-state index is 0.240. The van der Waals surface area contributed by atoms with E-state index in [1.807, 2.05) is 48.9 Å². The van der Waals surface area contributed by atoms with Crippen LogP contribution >= 0.6 is 23.2 Å². The van der Waals surface area contributed by atoms with E-state index in [4.69, 9.17) is 28.0 Å². The maximum Gasteiger partial charge on any atom is 0.142 e. The van der Waals surface area contributed by atoms with E-state index in [0.717, 1.165) is 46.8 Å². The molecule has 0 saturated carbocycles. The van der Waals surface area contributed by atoms with Crippen molar-refractivity contribution in [3.63, 3.8) is 0 Å². The second kappa shape index (κ2) is 8.15. The van der Waals surface area contributed by atoms with Crippen LogP contribution in [0.15, 0.2) is 66.3 Å². The number of halogens is 2. The number of rotatable bonds is 5. The maximum absolute atomic E-state index is 6.42. The first kappa shape index (κ1) is 18.1. The zero-order chi connectivity index (χ0) is 18.6. The molecular weight excluding hydrogens is 381 g/mol. The predicted octanol–water partition coefficient (Wildman–Crippen LogP) is 5.37. The van der Waals surface area contributed by atoms with Crippen molar-refractivity contribution < 1.29 is 4.84 Å². The number of imidazole rings is 1. The fourth-order valence-corrected chi connectivity index (χ4v) is 3.96. The Morgan fingerprint density at radius 3 is 2.89 bits per heavy atom. The fourth-order valence-electron chi connectivity index (χ4n) is 3.48. The molecule has 4 nitrogen and oxygen atoms in total. The fraction of sp³-hybridized carbons (Fsp3) is 0.238. The summed E-state index contributed by atoms with van der Waals surface area (Å²) < 4.78 is 2.08. The molecule has 4 rings (SSSR count). The van der Waals surface area contributed by atoms with Gasteiger partial charge >= 0.3 is 0 Å². The van der Waals surface area contributed by atoms with Gasteiger partial charge in [0.25, 0.3) is 0 Å². The molecule has 3 aromatic rings. The van der Waals surface area contributed by atoms with E-state index in [0.29, 0.717) is 11.6 Å². The average molecular weight is 400 g/mol. The monoisotopic (exact) mass is 399 g/mol. The van der Waals surface area contributed by atoms with Crippen LogP contribution in [-0.2, 0) is 24.4 Å². The van der Waals surface area contributed by atoms with Gasteiger partial charge in [-0.3, -0.25) is 0 Å². The van der Waals surface area contributed by atoms with Gasteiger partial charge in [-0.2, -0.15) is 0 Å². The van der Waals surface area contributed by atoms with E-state index in [9.17, 15) is 0 Å². The highest BCUT2D eigenvalue weighted by Gasteiger charge is 2.28. The van der Waals surface area contributed by atoms with Crippen LogP contribution in [0.2, 0.25) is 10.0 Å². The van der Waals surface area contributed by atoms with Gasteiger partial charge in [0.15, 0.2) is 0 Å². The predicted molar refractivity (Wildman–Crippen MR) is 108 cm³/mol. The van der Waals surface area contributed by atoms with Crippen molar-refractivity contribution in [1.29, 1.82) is 0 Å². The summed E-state index contributed by atoms with van der Waals surface area (Å²) >= 11 is 12.5. The van der Waals surface area contributed by atoms with Crippen LogP contribution in [-0.4, -0.2) is 15.3 Å². The van der Waals surface area contributed by atoms with Gasteiger partial charge in [0.2, 0.25) is 0 Å². The van der Waals surface area contributed by atoms with E-state index < -0.39 is 0 Å². The summed E-state index contributed by atoms with van der Waals surface area (Å²) in [4.78, 5) is 9.86. The first-order chi connectivity index (χ1) is 13.2. The Balaban J connectivity index is 1.60. The topological polar surface area (TPSA) is 39.4 Å². The van der Waals surface area contributed by atoms with E-state index in [1.54, 1.807) is 6.20 Å². The van der Waals surface area contributed by atoms with Crippen LogP contribution < -0.4 is 0 Å². The van der Waals surface area contributed by atoms with Gasteiger partial charge in [-0.15, -0.1) is 0 Å². The Morgan fingerprint density at radius 2 is 2.07 bits per heavy atom. The Hall–Kier alpha value is -2.30. The Kier molecular flexibility index (Phi) is 5.46. The number of aromatic nitrogens is 2. The molecule has 2 aromatic carbocycles. The van der Waals surface area contributed by atoms with E-state index in [-0.39, 0.29) is 5.92 Å². The van der Waals surface area contributed by atoms with Gasteiger partial charge in [-0.05, 0) is 42.2 Å². The zero-order valence-electron chi connectivity index (χ0n) is 14.7. The number of hydrogen-bond acceptors (Lipinski definition) is 3. The summed E-state index contributed by atoms with van der Waals surface area (Å²) in [6, 6.07) is 13.6. The van der Waals surface area contributed by atoms with Gasteiger partial charge in [0.05, 0.1) is 12.0 Å². The molecule has 0 spiro atoms. The standard InChI is InChI=1S/C21H19Cl2N3O/c22-17-4-1-3-15(11-17)13-27-25-21-16(12-26-10-9-24-14-26)7-8-18-19(21)5-2-6-20(18)23/h1-6,9-11,14,16H,7-8,12-13H2/b25-21+. The van der Waals surface area contributed by atoms with Crippen molar-refractivity contribution >= 4 is 28.9 Å². The molecule has 1 unspecified atom stereocenters. The molecule has 138 valence electrons. The Labute approximate surface area is 168 Å². The van der Waals surface area contributed by atoms with E-state index in [1.165, 1.54) is 0 Å². The smallest absolute Gasteiger partial charge is 0.142 e. The number of oxime groups is 1. The third-order valence-corrected chi connectivity index (χ3v) is 5.39. The van der Waals surface area contributed by atoms with Crippen molar-refractivity contribution in [1.82, 2.24) is 9.55 Å². The zero-order valence-corrected chi connectivity index (χ0v) is 16.2. The van der Waals surface area contributed by atoms with Gasteiger partial charge in [-0.1, -0.05) is 52.6 Å². The van der Waals surface area contributed by atoms with Gasteiger partial charge in [0.1, 0.15) is 6.61 Å². The first-order valence-corrected chi connectivity index (χ1v) is 9.64. The lowest BCUT2D eigenvalue weighted by Gasteiger charge is -2.27. The van der Waals surface area contributed by atoms with Crippen LogP contribution in [0.1, 0.15) is 23.1 Å². The molecule has 0 amide bonds. The molecule has 1 aliphatic rings. The minimum Gasteiger partial charge on any atom is -0.391 e. The van der Waals surface area contributed by atoms with E-state index >= 15 is 0 Å². The molecule has 0 fully saturated rings. The van der Waals surface area contributed by atoms with E-state index in [2.05, 4.69) is 20.8 Å². The summed E-state index contributed by atoms with van der Waals surface area (Å²) in [5.41, 5.74) is 4.14. The van der Waals surface area contributed by atoms with Crippen molar-refractivity contribution in [3.05, 3.63) is 87.9 Å².